The van der Waals surface area contributed by atoms with Crippen molar-refractivity contribution in [3.05, 3.63) is 63.8 Å². The number of nitrogens with one attached hydrogen (secondary N) is 1. The summed E-state index contributed by atoms with van der Waals surface area (Å²) in [6.45, 7) is 0. The van der Waals surface area contributed by atoms with Crippen molar-refractivity contribution in [1.82, 2.24) is 15.0 Å². The van der Waals surface area contributed by atoms with Gasteiger partial charge in [0.25, 0.3) is 5.69 Å². The van der Waals surface area contributed by atoms with E-state index in [2.05, 4.69) is 20.3 Å². The number of rotatable bonds is 5. The van der Waals surface area contributed by atoms with Crippen LogP contribution in [0.3, 0.4) is 0 Å². The summed E-state index contributed by atoms with van der Waals surface area (Å²) in [7, 11) is 0.921. The molecule has 0 atom stereocenters. The average molecular weight is 459 g/mol. The molecule has 0 spiro atoms. The molecular formula is C18H11F6N5O3. The average Bonchev–Trinajstić information content (AvgIpc) is 2.72. The fourth-order valence-electron chi connectivity index (χ4n) is 2.64. The summed E-state index contributed by atoms with van der Waals surface area (Å²) in [5.41, 5.74) is -4.55. The van der Waals surface area contributed by atoms with Crippen molar-refractivity contribution in [2.24, 2.45) is 0 Å². The van der Waals surface area contributed by atoms with Gasteiger partial charge in [-0.15, -0.1) is 0 Å². The molecule has 0 aliphatic heterocycles. The quantitative estimate of drug-likeness (QED) is 0.316. The minimum atomic E-state index is -5.07. The van der Waals surface area contributed by atoms with Crippen LogP contribution in [0.5, 0.6) is 5.88 Å². The zero-order valence-corrected chi connectivity index (χ0v) is 15.8. The molecule has 0 fully saturated rings. The van der Waals surface area contributed by atoms with Crippen LogP contribution in [0.15, 0.2) is 42.6 Å². The zero-order chi connectivity index (χ0) is 23.7. The first-order chi connectivity index (χ1) is 14.9. The van der Waals surface area contributed by atoms with Crippen molar-refractivity contribution >= 4 is 17.2 Å². The highest BCUT2D eigenvalue weighted by atomic mass is 19.4. The SMILES string of the molecule is COc1nc(-c2ccccn2)nc(Nc2ccc(C(F)(F)F)cc2[N+](=O)[O-])c1C(F)(F)F. The van der Waals surface area contributed by atoms with Crippen molar-refractivity contribution in [1.29, 1.82) is 0 Å². The summed E-state index contributed by atoms with van der Waals surface area (Å²) in [5.74, 6) is -2.19. The second-order valence-corrected chi connectivity index (χ2v) is 6.10. The highest BCUT2D eigenvalue weighted by molar-refractivity contribution is 5.72. The third kappa shape index (κ3) is 4.68. The Hall–Kier alpha value is -3.97. The molecule has 3 aromatic rings. The Morgan fingerprint density at radius 3 is 2.28 bits per heavy atom. The van der Waals surface area contributed by atoms with Gasteiger partial charge in [0.2, 0.25) is 5.88 Å². The lowest BCUT2D eigenvalue weighted by molar-refractivity contribution is -0.384. The van der Waals surface area contributed by atoms with E-state index in [1.807, 2.05) is 0 Å². The Morgan fingerprint density at radius 2 is 1.75 bits per heavy atom. The molecule has 0 aliphatic carbocycles. The maximum Gasteiger partial charge on any atom is 0.425 e. The topological polar surface area (TPSA) is 103 Å². The molecule has 14 heteroatoms. The van der Waals surface area contributed by atoms with E-state index >= 15 is 0 Å². The second kappa shape index (κ2) is 8.28. The first kappa shape index (κ1) is 22.7. The second-order valence-electron chi connectivity index (χ2n) is 6.10. The van der Waals surface area contributed by atoms with Crippen LogP contribution in [0.4, 0.5) is 43.5 Å². The van der Waals surface area contributed by atoms with E-state index in [0.717, 1.165) is 7.11 Å². The molecule has 2 aromatic heterocycles. The smallest absolute Gasteiger partial charge is 0.425 e. The van der Waals surface area contributed by atoms with Gasteiger partial charge in [-0.2, -0.15) is 31.3 Å². The summed E-state index contributed by atoms with van der Waals surface area (Å²) in [6, 6.07) is 5.77. The van der Waals surface area contributed by atoms with E-state index < -0.39 is 51.5 Å². The largest absolute Gasteiger partial charge is 0.480 e. The van der Waals surface area contributed by atoms with Crippen LogP contribution in [-0.4, -0.2) is 27.0 Å². The Labute approximate surface area is 175 Å². The molecule has 1 N–H and O–H groups in total. The number of aromatic nitrogens is 3. The number of benzene rings is 1. The number of ether oxygens (including phenoxy) is 1. The molecular weight excluding hydrogens is 448 g/mol. The normalized spacial score (nSPS) is 11.8. The van der Waals surface area contributed by atoms with Gasteiger partial charge in [-0.1, -0.05) is 6.07 Å². The lowest BCUT2D eigenvalue weighted by Crippen LogP contribution is -2.15. The third-order valence-electron chi connectivity index (χ3n) is 4.02. The van der Waals surface area contributed by atoms with E-state index in [1.165, 1.54) is 24.4 Å². The molecule has 3 rings (SSSR count). The standard InChI is InChI=1S/C18H11F6N5O3/c1-32-16-13(18(22,23)24)15(27-14(28-16)11-4-2-3-7-25-11)26-10-6-5-9(17(19,20)21)8-12(10)29(30)31/h2-8H,1H3,(H,26,27,28). The Balaban J connectivity index is 2.22. The molecule has 2 heterocycles. The van der Waals surface area contributed by atoms with Crippen LogP contribution < -0.4 is 10.1 Å². The summed E-state index contributed by atoms with van der Waals surface area (Å²) in [4.78, 5) is 21.5. The number of nitro groups is 1. The van der Waals surface area contributed by atoms with E-state index in [4.69, 9.17) is 4.74 Å². The molecule has 0 radical (unpaired) electrons. The summed E-state index contributed by atoms with van der Waals surface area (Å²) in [6.07, 6.45) is -8.64. The fourth-order valence-corrected chi connectivity index (χ4v) is 2.64. The van der Waals surface area contributed by atoms with Gasteiger partial charge in [0.05, 0.1) is 17.6 Å². The summed E-state index contributed by atoms with van der Waals surface area (Å²) in [5, 5.41) is 13.4. The lowest BCUT2D eigenvalue weighted by Gasteiger charge is -2.17. The van der Waals surface area contributed by atoms with E-state index in [1.54, 1.807) is 0 Å². The Kier molecular flexibility index (Phi) is 5.88. The zero-order valence-electron chi connectivity index (χ0n) is 15.8. The fraction of sp³-hybridized carbons (Fsp3) is 0.167. The first-order valence-electron chi connectivity index (χ1n) is 8.49. The monoisotopic (exact) mass is 459 g/mol. The number of hydrogen-bond donors (Lipinski definition) is 1. The summed E-state index contributed by atoms with van der Waals surface area (Å²) >= 11 is 0. The van der Waals surface area contributed by atoms with Crippen LogP contribution in [0.25, 0.3) is 11.5 Å². The maximum atomic E-state index is 13.7. The van der Waals surface area contributed by atoms with E-state index in [9.17, 15) is 36.5 Å². The first-order valence-corrected chi connectivity index (χ1v) is 8.49. The molecule has 0 saturated carbocycles. The number of anilines is 2. The van der Waals surface area contributed by atoms with Crippen molar-refractivity contribution in [2.45, 2.75) is 12.4 Å². The Bertz CT molecular complexity index is 1150. The van der Waals surface area contributed by atoms with Crippen LogP contribution >= 0.6 is 0 Å². The van der Waals surface area contributed by atoms with Gasteiger partial charge in [0.15, 0.2) is 17.2 Å². The van der Waals surface area contributed by atoms with Gasteiger partial charge >= 0.3 is 12.4 Å². The maximum absolute atomic E-state index is 13.7. The van der Waals surface area contributed by atoms with Gasteiger partial charge < -0.3 is 10.1 Å². The predicted octanol–water partition coefficient (Wildman–Crippen LogP) is 5.24. The number of pyridine rings is 1. The molecule has 1 aromatic carbocycles. The third-order valence-corrected chi connectivity index (χ3v) is 4.02. The molecule has 8 nitrogen and oxygen atoms in total. The van der Waals surface area contributed by atoms with Gasteiger partial charge in [-0.25, -0.2) is 4.98 Å². The molecule has 0 saturated heterocycles. The van der Waals surface area contributed by atoms with Gasteiger partial charge in [-0.05, 0) is 24.3 Å². The molecule has 32 heavy (non-hydrogen) atoms. The summed E-state index contributed by atoms with van der Waals surface area (Å²) < 4.78 is 84.6. The van der Waals surface area contributed by atoms with Gasteiger partial charge in [0.1, 0.15) is 11.4 Å². The number of nitro benzene ring substituents is 1. The molecule has 0 unspecified atom stereocenters. The number of methoxy groups -OCH3 is 1. The van der Waals surface area contributed by atoms with Crippen molar-refractivity contribution < 1.29 is 36.0 Å². The highest BCUT2D eigenvalue weighted by Gasteiger charge is 2.41. The minimum absolute atomic E-state index is 0.0597. The number of hydrogen-bond acceptors (Lipinski definition) is 7. The van der Waals surface area contributed by atoms with Gasteiger partial charge in [-0.3, -0.25) is 15.1 Å². The van der Waals surface area contributed by atoms with Crippen molar-refractivity contribution in [3.63, 3.8) is 0 Å². The lowest BCUT2D eigenvalue weighted by atomic mass is 10.1. The van der Waals surface area contributed by atoms with Crippen LogP contribution in [0, 0.1) is 10.1 Å². The van der Waals surface area contributed by atoms with Crippen LogP contribution in [0.2, 0.25) is 0 Å². The van der Waals surface area contributed by atoms with Crippen LogP contribution in [-0.2, 0) is 12.4 Å². The number of nitrogens with zero attached hydrogens (tertiary/aromatic N) is 4. The molecule has 0 bridgehead atoms. The predicted molar refractivity (Wildman–Crippen MR) is 98.2 cm³/mol. The minimum Gasteiger partial charge on any atom is -0.480 e. The Morgan fingerprint density at radius 1 is 1.03 bits per heavy atom. The highest BCUT2D eigenvalue weighted by Crippen LogP contribution is 2.43. The molecule has 0 aliphatic rings. The number of alkyl halides is 6. The van der Waals surface area contributed by atoms with Crippen molar-refractivity contribution in [3.8, 4) is 17.4 Å². The van der Waals surface area contributed by atoms with Crippen LogP contribution in [0.1, 0.15) is 11.1 Å². The van der Waals surface area contributed by atoms with E-state index in [0.29, 0.717) is 12.1 Å². The van der Waals surface area contributed by atoms with E-state index in [-0.39, 0.29) is 17.6 Å². The molecule has 168 valence electrons. The van der Waals surface area contributed by atoms with Crippen molar-refractivity contribution in [2.75, 3.05) is 12.4 Å². The number of halogens is 6. The van der Waals surface area contributed by atoms with Gasteiger partial charge in [0, 0.05) is 12.3 Å². The molecule has 0 amide bonds.